The van der Waals surface area contributed by atoms with Crippen LogP contribution in [0.4, 0.5) is 4.39 Å². The predicted molar refractivity (Wildman–Crippen MR) is 71.1 cm³/mol. The predicted octanol–water partition coefficient (Wildman–Crippen LogP) is 0.153. The van der Waals surface area contributed by atoms with Gasteiger partial charge in [-0.1, -0.05) is 0 Å². The van der Waals surface area contributed by atoms with Gasteiger partial charge in [0.05, 0.1) is 23.7 Å². The Morgan fingerprint density at radius 3 is 2.57 bits per heavy atom. The lowest BCUT2D eigenvalue weighted by Gasteiger charge is -2.21. The second-order valence-corrected chi connectivity index (χ2v) is 6.01. The number of halogens is 1. The molecule has 7 nitrogen and oxygen atoms in total. The van der Waals surface area contributed by atoms with Crippen molar-refractivity contribution in [2.24, 2.45) is 0 Å². The molecule has 21 heavy (non-hydrogen) atoms. The van der Waals surface area contributed by atoms with Gasteiger partial charge in [0.1, 0.15) is 5.82 Å². The Morgan fingerprint density at radius 1 is 1.38 bits per heavy atom. The molecule has 0 bridgehead atoms. The largest absolute Gasteiger partial charge is 0.478 e. The summed E-state index contributed by atoms with van der Waals surface area (Å²) in [5, 5.41) is 17.8. The fraction of sp³-hybridized carbons (Fsp3) is 0.417. The fourth-order valence-electron chi connectivity index (χ4n) is 1.63. The van der Waals surface area contributed by atoms with Gasteiger partial charge < -0.3 is 14.9 Å². The lowest BCUT2D eigenvalue weighted by molar-refractivity contribution is 0.0691. The number of aliphatic hydroxyl groups is 1. The maximum Gasteiger partial charge on any atom is 0.338 e. The van der Waals surface area contributed by atoms with E-state index < -0.39 is 34.0 Å². The summed E-state index contributed by atoms with van der Waals surface area (Å²) in [5.41, 5.74) is -0.730. The molecule has 0 saturated carbocycles. The molecule has 0 aliphatic rings. The molecule has 1 aromatic rings. The van der Waals surface area contributed by atoms with Crippen molar-refractivity contribution in [2.45, 2.75) is 4.90 Å². The monoisotopic (exact) mass is 321 g/mol. The molecule has 0 unspecified atom stereocenters. The van der Waals surface area contributed by atoms with Crippen LogP contribution in [0.25, 0.3) is 0 Å². The zero-order valence-corrected chi connectivity index (χ0v) is 12.1. The van der Waals surface area contributed by atoms with E-state index in [1.54, 1.807) is 0 Å². The number of methoxy groups -OCH3 is 1. The molecule has 1 aromatic carbocycles. The number of rotatable bonds is 8. The highest BCUT2D eigenvalue weighted by molar-refractivity contribution is 7.89. The molecule has 2 N–H and O–H groups in total. The number of hydrogen-bond acceptors (Lipinski definition) is 5. The van der Waals surface area contributed by atoms with Crippen molar-refractivity contribution in [3.8, 4) is 0 Å². The first-order chi connectivity index (χ1) is 9.84. The lowest BCUT2D eigenvalue weighted by Crippen LogP contribution is -2.36. The molecule has 1 rings (SSSR count). The van der Waals surface area contributed by atoms with E-state index in [0.29, 0.717) is 0 Å². The normalized spacial score (nSPS) is 11.8. The highest BCUT2D eigenvalue weighted by Gasteiger charge is 2.25. The van der Waals surface area contributed by atoms with E-state index >= 15 is 0 Å². The summed E-state index contributed by atoms with van der Waals surface area (Å²) in [5.74, 6) is -2.58. The van der Waals surface area contributed by atoms with Crippen LogP contribution in [0, 0.1) is 5.82 Å². The summed E-state index contributed by atoms with van der Waals surface area (Å²) < 4.78 is 43.8. The van der Waals surface area contributed by atoms with Gasteiger partial charge in [-0.25, -0.2) is 17.6 Å². The highest BCUT2D eigenvalue weighted by atomic mass is 32.2. The van der Waals surface area contributed by atoms with Crippen LogP contribution in [0.1, 0.15) is 10.4 Å². The molecule has 0 atom stereocenters. The Hall–Kier alpha value is -1.55. The number of carboxylic acid groups (broad SMARTS) is 1. The summed E-state index contributed by atoms with van der Waals surface area (Å²) in [4.78, 5) is 10.5. The van der Waals surface area contributed by atoms with Crippen LogP contribution < -0.4 is 0 Å². The Balaban J connectivity index is 3.21. The van der Waals surface area contributed by atoms with Crippen LogP contribution >= 0.6 is 0 Å². The minimum Gasteiger partial charge on any atom is -0.478 e. The fourth-order valence-corrected chi connectivity index (χ4v) is 3.08. The van der Waals surface area contributed by atoms with E-state index in [9.17, 15) is 17.6 Å². The van der Waals surface area contributed by atoms with Crippen LogP contribution in [0.15, 0.2) is 23.1 Å². The van der Waals surface area contributed by atoms with Gasteiger partial charge in [0.15, 0.2) is 0 Å². The minimum absolute atomic E-state index is 0.0147. The number of aliphatic hydroxyl groups excluding tert-OH is 1. The topological polar surface area (TPSA) is 104 Å². The van der Waals surface area contributed by atoms with Gasteiger partial charge in [-0.2, -0.15) is 4.31 Å². The number of carbonyl (C=O) groups is 1. The van der Waals surface area contributed by atoms with Crippen molar-refractivity contribution in [3.63, 3.8) is 0 Å². The molecule has 0 saturated heterocycles. The average molecular weight is 321 g/mol. The number of hydrogen-bond donors (Lipinski definition) is 2. The van der Waals surface area contributed by atoms with Gasteiger partial charge in [-0.3, -0.25) is 0 Å². The number of aromatic carboxylic acids is 1. The van der Waals surface area contributed by atoms with E-state index in [4.69, 9.17) is 14.9 Å². The Morgan fingerprint density at radius 2 is 2.05 bits per heavy atom. The molecule has 0 aromatic heterocycles. The van der Waals surface area contributed by atoms with Gasteiger partial charge in [0, 0.05) is 20.2 Å². The summed E-state index contributed by atoms with van der Waals surface area (Å²) in [7, 11) is -2.65. The maximum atomic E-state index is 13.3. The number of nitrogens with zero attached hydrogens (tertiary/aromatic N) is 1. The third-order valence-electron chi connectivity index (χ3n) is 2.70. The first-order valence-electron chi connectivity index (χ1n) is 5.97. The quantitative estimate of drug-likeness (QED) is 0.706. The molecule has 0 amide bonds. The van der Waals surface area contributed by atoms with E-state index in [0.717, 1.165) is 22.5 Å². The molecule has 118 valence electrons. The molecule has 9 heteroatoms. The summed E-state index contributed by atoms with van der Waals surface area (Å²) >= 11 is 0. The Kier molecular flexibility index (Phi) is 6.21. The molecular weight excluding hydrogens is 305 g/mol. The first-order valence-corrected chi connectivity index (χ1v) is 7.41. The molecule has 0 aliphatic carbocycles. The number of benzene rings is 1. The zero-order chi connectivity index (χ0) is 16.0. The van der Waals surface area contributed by atoms with E-state index in [1.807, 2.05) is 0 Å². The van der Waals surface area contributed by atoms with Crippen molar-refractivity contribution in [3.05, 3.63) is 29.6 Å². The van der Waals surface area contributed by atoms with E-state index in [1.165, 1.54) is 7.11 Å². The summed E-state index contributed by atoms with van der Waals surface area (Å²) in [6, 6.07) is 2.52. The highest BCUT2D eigenvalue weighted by Crippen LogP contribution is 2.19. The number of carboxylic acids is 1. The molecule has 0 radical (unpaired) electrons. The van der Waals surface area contributed by atoms with Crippen molar-refractivity contribution in [1.82, 2.24) is 4.31 Å². The smallest absolute Gasteiger partial charge is 0.338 e. The van der Waals surface area contributed by atoms with Gasteiger partial charge >= 0.3 is 5.97 Å². The third-order valence-corrected chi connectivity index (χ3v) is 4.59. The van der Waals surface area contributed by atoms with Gasteiger partial charge in [-0.15, -0.1) is 0 Å². The van der Waals surface area contributed by atoms with Crippen LogP contribution in [-0.4, -0.2) is 62.3 Å². The van der Waals surface area contributed by atoms with E-state index in [2.05, 4.69) is 0 Å². The van der Waals surface area contributed by atoms with Crippen molar-refractivity contribution < 1.29 is 32.6 Å². The number of ether oxygens (including phenoxy) is 1. The van der Waals surface area contributed by atoms with Crippen molar-refractivity contribution in [2.75, 3.05) is 33.4 Å². The van der Waals surface area contributed by atoms with Crippen LogP contribution in [-0.2, 0) is 14.8 Å². The standard InChI is InChI=1S/C12H16FNO6S/c1-20-7-5-14(4-6-15)21(18,19)9-2-3-11(13)10(8-9)12(16)17/h2-3,8,15H,4-7H2,1H3,(H,16,17). The molecule has 0 heterocycles. The van der Waals surface area contributed by atoms with Crippen LogP contribution in [0.3, 0.4) is 0 Å². The molecule has 0 spiro atoms. The SMILES string of the molecule is COCCN(CCO)S(=O)(=O)c1ccc(F)c(C(=O)O)c1. The number of sulfonamides is 1. The summed E-state index contributed by atoms with van der Waals surface area (Å²) in [6.45, 7) is -0.493. The van der Waals surface area contributed by atoms with Gasteiger partial charge in [0.25, 0.3) is 0 Å². The lowest BCUT2D eigenvalue weighted by atomic mass is 10.2. The maximum absolute atomic E-state index is 13.3. The van der Waals surface area contributed by atoms with Gasteiger partial charge in [-0.05, 0) is 18.2 Å². The zero-order valence-electron chi connectivity index (χ0n) is 11.3. The molecule has 0 aliphatic heterocycles. The molecular formula is C12H16FNO6S. The van der Waals surface area contributed by atoms with Crippen molar-refractivity contribution in [1.29, 1.82) is 0 Å². The Bertz CT molecular complexity index is 604. The average Bonchev–Trinajstić information content (AvgIpc) is 2.43. The van der Waals surface area contributed by atoms with Crippen LogP contribution in [0.5, 0.6) is 0 Å². The second kappa shape index (κ2) is 7.46. The van der Waals surface area contributed by atoms with Crippen LogP contribution in [0.2, 0.25) is 0 Å². The van der Waals surface area contributed by atoms with Crippen molar-refractivity contribution >= 4 is 16.0 Å². The summed E-state index contributed by atoms with van der Waals surface area (Å²) in [6.07, 6.45) is 0. The minimum atomic E-state index is -4.04. The van der Waals surface area contributed by atoms with E-state index in [-0.39, 0.29) is 24.6 Å². The third kappa shape index (κ3) is 4.21. The first kappa shape index (κ1) is 17.5. The second-order valence-electron chi connectivity index (χ2n) is 4.07. The Labute approximate surface area is 121 Å². The van der Waals surface area contributed by atoms with Gasteiger partial charge in [0.2, 0.25) is 10.0 Å². The molecule has 0 fully saturated rings.